The number of carbonyl (C=O) groups is 2. The standard InChI is InChI=1S/C17H19N5O4/c1-18-16(23)15-8-10-21(19-15)14-3-2-9-20(11-14)17(24)12-4-6-13(7-5-12)22(25)26/h4-8,10,14H,2-3,9,11H2,1H3,(H,18,23). The van der Waals surface area contributed by atoms with E-state index in [0.29, 0.717) is 24.3 Å². The van der Waals surface area contributed by atoms with E-state index < -0.39 is 4.92 Å². The number of non-ortho nitro benzene ring substituents is 1. The van der Waals surface area contributed by atoms with E-state index in [1.807, 2.05) is 0 Å². The summed E-state index contributed by atoms with van der Waals surface area (Å²) in [5, 5.41) is 17.6. The third-order valence-electron chi connectivity index (χ3n) is 4.45. The minimum Gasteiger partial charge on any atom is -0.354 e. The van der Waals surface area contributed by atoms with E-state index in [0.717, 1.165) is 12.8 Å². The van der Waals surface area contributed by atoms with Gasteiger partial charge < -0.3 is 10.2 Å². The fourth-order valence-electron chi connectivity index (χ4n) is 3.05. The predicted molar refractivity (Wildman–Crippen MR) is 92.9 cm³/mol. The molecule has 0 bridgehead atoms. The Labute approximate surface area is 149 Å². The molecule has 1 aromatic carbocycles. The monoisotopic (exact) mass is 357 g/mol. The second kappa shape index (κ2) is 7.34. The molecule has 0 spiro atoms. The Balaban J connectivity index is 1.71. The minimum absolute atomic E-state index is 0.0100. The molecule has 1 aromatic heterocycles. The van der Waals surface area contributed by atoms with Crippen molar-refractivity contribution in [1.29, 1.82) is 0 Å². The molecular weight excluding hydrogens is 338 g/mol. The van der Waals surface area contributed by atoms with Crippen molar-refractivity contribution in [3.05, 3.63) is 57.9 Å². The van der Waals surface area contributed by atoms with Crippen molar-refractivity contribution in [2.45, 2.75) is 18.9 Å². The van der Waals surface area contributed by atoms with E-state index in [1.54, 1.807) is 28.9 Å². The van der Waals surface area contributed by atoms with E-state index in [2.05, 4.69) is 10.4 Å². The van der Waals surface area contributed by atoms with E-state index in [9.17, 15) is 19.7 Å². The number of hydrogen-bond acceptors (Lipinski definition) is 5. The Morgan fingerprint density at radius 2 is 2.00 bits per heavy atom. The molecule has 0 saturated carbocycles. The van der Waals surface area contributed by atoms with Crippen LogP contribution in [0.1, 0.15) is 39.7 Å². The highest BCUT2D eigenvalue weighted by Gasteiger charge is 2.26. The first kappa shape index (κ1) is 17.6. The molecule has 2 heterocycles. The van der Waals surface area contributed by atoms with Gasteiger partial charge in [-0.3, -0.25) is 24.4 Å². The van der Waals surface area contributed by atoms with Crippen LogP contribution in [0, 0.1) is 10.1 Å². The number of aromatic nitrogens is 2. The third-order valence-corrected chi connectivity index (χ3v) is 4.45. The maximum atomic E-state index is 12.7. The van der Waals surface area contributed by atoms with Gasteiger partial charge in [0.2, 0.25) is 0 Å². The molecule has 2 amide bonds. The fourth-order valence-corrected chi connectivity index (χ4v) is 3.05. The van der Waals surface area contributed by atoms with Crippen LogP contribution in [0.5, 0.6) is 0 Å². The number of piperidine rings is 1. The summed E-state index contributed by atoms with van der Waals surface area (Å²) in [7, 11) is 1.55. The number of nitro benzene ring substituents is 1. The van der Waals surface area contributed by atoms with Gasteiger partial charge >= 0.3 is 0 Å². The first-order valence-electron chi connectivity index (χ1n) is 8.30. The highest BCUT2D eigenvalue weighted by Crippen LogP contribution is 2.23. The summed E-state index contributed by atoms with van der Waals surface area (Å²) >= 11 is 0. The van der Waals surface area contributed by atoms with Crippen molar-refractivity contribution in [3.8, 4) is 0 Å². The number of amides is 2. The number of rotatable bonds is 4. The second-order valence-corrected chi connectivity index (χ2v) is 6.11. The van der Waals surface area contributed by atoms with Crippen LogP contribution in [0.2, 0.25) is 0 Å². The van der Waals surface area contributed by atoms with Crippen molar-refractivity contribution in [2.24, 2.45) is 0 Å². The minimum atomic E-state index is -0.493. The maximum absolute atomic E-state index is 12.7. The van der Waals surface area contributed by atoms with E-state index in [4.69, 9.17) is 0 Å². The van der Waals surface area contributed by atoms with Crippen LogP contribution in [0.4, 0.5) is 5.69 Å². The molecule has 3 rings (SSSR count). The molecule has 1 atom stereocenters. The lowest BCUT2D eigenvalue weighted by Gasteiger charge is -2.33. The van der Waals surface area contributed by atoms with Crippen molar-refractivity contribution in [2.75, 3.05) is 20.1 Å². The summed E-state index contributed by atoms with van der Waals surface area (Å²) in [5.41, 5.74) is 0.713. The first-order valence-corrected chi connectivity index (χ1v) is 8.30. The van der Waals surface area contributed by atoms with Gasteiger partial charge in [0.25, 0.3) is 17.5 Å². The zero-order valence-electron chi connectivity index (χ0n) is 14.3. The number of carbonyl (C=O) groups excluding carboxylic acids is 2. The summed E-state index contributed by atoms with van der Waals surface area (Å²) in [4.78, 5) is 36.3. The number of nitro groups is 1. The Bertz CT molecular complexity index is 830. The molecule has 9 heteroatoms. The predicted octanol–water partition coefficient (Wildman–Crippen LogP) is 1.63. The van der Waals surface area contributed by atoms with Crippen molar-refractivity contribution < 1.29 is 14.5 Å². The molecule has 136 valence electrons. The maximum Gasteiger partial charge on any atom is 0.271 e. The summed E-state index contributed by atoms with van der Waals surface area (Å²) in [6.07, 6.45) is 3.42. The molecule has 1 saturated heterocycles. The number of nitrogens with one attached hydrogen (secondary N) is 1. The quantitative estimate of drug-likeness (QED) is 0.660. The lowest BCUT2D eigenvalue weighted by atomic mass is 10.0. The van der Waals surface area contributed by atoms with Crippen LogP contribution < -0.4 is 5.32 Å². The van der Waals surface area contributed by atoms with Gasteiger partial charge in [-0.25, -0.2) is 0 Å². The van der Waals surface area contributed by atoms with Gasteiger partial charge in [0.15, 0.2) is 0 Å². The molecule has 26 heavy (non-hydrogen) atoms. The third kappa shape index (κ3) is 3.56. The van der Waals surface area contributed by atoms with E-state index >= 15 is 0 Å². The van der Waals surface area contributed by atoms with Crippen molar-refractivity contribution in [1.82, 2.24) is 20.0 Å². The number of hydrogen-bond donors (Lipinski definition) is 1. The highest BCUT2D eigenvalue weighted by molar-refractivity contribution is 5.94. The number of nitrogens with zero attached hydrogens (tertiary/aromatic N) is 4. The highest BCUT2D eigenvalue weighted by atomic mass is 16.6. The van der Waals surface area contributed by atoms with Crippen LogP contribution in [0.25, 0.3) is 0 Å². The molecule has 1 unspecified atom stereocenters. The SMILES string of the molecule is CNC(=O)c1ccn(C2CCCN(C(=O)c3ccc([N+](=O)[O-])cc3)C2)n1. The van der Waals surface area contributed by atoms with Crippen molar-refractivity contribution in [3.63, 3.8) is 0 Å². The van der Waals surface area contributed by atoms with Gasteiger partial charge in [-0.15, -0.1) is 0 Å². The van der Waals surface area contributed by atoms with Crippen LogP contribution in [-0.2, 0) is 0 Å². The van der Waals surface area contributed by atoms with Crippen LogP contribution in [0.3, 0.4) is 0 Å². The van der Waals surface area contributed by atoms with E-state index in [-0.39, 0.29) is 23.5 Å². The Morgan fingerprint density at radius 3 is 2.65 bits per heavy atom. The zero-order chi connectivity index (χ0) is 18.7. The smallest absolute Gasteiger partial charge is 0.271 e. The summed E-state index contributed by atoms with van der Waals surface area (Å²) in [6, 6.07) is 7.25. The van der Waals surface area contributed by atoms with Crippen LogP contribution in [-0.4, -0.2) is 51.6 Å². The lowest BCUT2D eigenvalue weighted by molar-refractivity contribution is -0.384. The van der Waals surface area contributed by atoms with Gasteiger partial charge in [-0.1, -0.05) is 0 Å². The largest absolute Gasteiger partial charge is 0.354 e. The van der Waals surface area contributed by atoms with Gasteiger partial charge in [0.1, 0.15) is 5.69 Å². The van der Waals surface area contributed by atoms with Gasteiger partial charge in [0.05, 0.1) is 11.0 Å². The molecular formula is C17H19N5O4. The lowest BCUT2D eigenvalue weighted by Crippen LogP contribution is -2.40. The zero-order valence-corrected chi connectivity index (χ0v) is 14.3. The van der Waals surface area contributed by atoms with Crippen molar-refractivity contribution >= 4 is 17.5 Å². The number of likely N-dealkylation sites (tertiary alicyclic amines) is 1. The van der Waals surface area contributed by atoms with Gasteiger partial charge in [-0.05, 0) is 31.0 Å². The molecule has 9 nitrogen and oxygen atoms in total. The van der Waals surface area contributed by atoms with Crippen LogP contribution >= 0.6 is 0 Å². The summed E-state index contributed by atoms with van der Waals surface area (Å²) in [5.74, 6) is -0.415. The van der Waals surface area contributed by atoms with Crippen LogP contribution in [0.15, 0.2) is 36.5 Å². The summed E-state index contributed by atoms with van der Waals surface area (Å²) in [6.45, 7) is 1.10. The molecule has 0 radical (unpaired) electrons. The molecule has 1 aliphatic rings. The molecule has 1 fully saturated rings. The second-order valence-electron chi connectivity index (χ2n) is 6.11. The Morgan fingerprint density at radius 1 is 1.27 bits per heavy atom. The molecule has 1 aliphatic heterocycles. The van der Waals surface area contributed by atoms with E-state index in [1.165, 1.54) is 24.3 Å². The molecule has 0 aliphatic carbocycles. The number of benzene rings is 1. The summed E-state index contributed by atoms with van der Waals surface area (Å²) < 4.78 is 1.72. The fraction of sp³-hybridized carbons (Fsp3) is 0.353. The first-order chi connectivity index (χ1) is 12.5. The van der Waals surface area contributed by atoms with Gasteiger partial charge in [-0.2, -0.15) is 5.10 Å². The molecule has 1 N–H and O–H groups in total. The molecule has 2 aromatic rings. The average Bonchev–Trinajstić information content (AvgIpc) is 3.17. The van der Waals surface area contributed by atoms with Gasteiger partial charge in [0, 0.05) is 44.0 Å². The Hall–Kier alpha value is -3.23. The Kier molecular flexibility index (Phi) is 4.97. The average molecular weight is 357 g/mol. The topological polar surface area (TPSA) is 110 Å². The normalized spacial score (nSPS) is 17.0.